The SMILES string of the molecule is CC(=O)OC(=O)C(C)=CC(C)(C)C. The van der Waals surface area contributed by atoms with E-state index in [1.54, 1.807) is 13.0 Å². The molecule has 0 radical (unpaired) electrons. The van der Waals surface area contributed by atoms with Gasteiger partial charge in [-0.1, -0.05) is 26.8 Å². The standard InChI is InChI=1S/C10H16O3/c1-7(6-10(3,4)5)9(12)13-8(2)11/h6H,1-5H3. The van der Waals surface area contributed by atoms with Gasteiger partial charge >= 0.3 is 11.9 Å². The molecule has 0 saturated heterocycles. The molecule has 0 aromatic heterocycles. The molecule has 3 heteroatoms. The molecule has 0 aliphatic heterocycles. The van der Waals surface area contributed by atoms with E-state index in [1.165, 1.54) is 6.92 Å². The lowest BCUT2D eigenvalue weighted by molar-refractivity contribution is -0.155. The monoisotopic (exact) mass is 184 g/mol. The van der Waals surface area contributed by atoms with Crippen LogP contribution in [0.3, 0.4) is 0 Å². The van der Waals surface area contributed by atoms with Crippen molar-refractivity contribution in [3.8, 4) is 0 Å². The first-order chi connectivity index (χ1) is 5.72. The summed E-state index contributed by atoms with van der Waals surface area (Å²) in [5, 5.41) is 0. The Morgan fingerprint density at radius 1 is 1.15 bits per heavy atom. The molecule has 0 rings (SSSR count). The van der Waals surface area contributed by atoms with Gasteiger partial charge < -0.3 is 4.74 Å². The Bertz CT molecular complexity index is 243. The third-order valence-electron chi connectivity index (χ3n) is 1.21. The maximum atomic E-state index is 11.1. The maximum Gasteiger partial charge on any atom is 0.341 e. The highest BCUT2D eigenvalue weighted by molar-refractivity contribution is 5.95. The van der Waals surface area contributed by atoms with Crippen LogP contribution in [-0.4, -0.2) is 11.9 Å². The second-order valence-electron chi connectivity index (χ2n) is 4.07. The molecule has 0 atom stereocenters. The molecule has 74 valence electrons. The lowest BCUT2D eigenvalue weighted by Gasteiger charge is -2.13. The van der Waals surface area contributed by atoms with E-state index in [2.05, 4.69) is 4.74 Å². The molecule has 0 bridgehead atoms. The highest BCUT2D eigenvalue weighted by Crippen LogP contribution is 2.17. The lowest BCUT2D eigenvalue weighted by atomic mass is 9.94. The van der Waals surface area contributed by atoms with Gasteiger partial charge in [0.1, 0.15) is 0 Å². The van der Waals surface area contributed by atoms with Gasteiger partial charge in [-0.15, -0.1) is 0 Å². The largest absolute Gasteiger partial charge is 0.390 e. The van der Waals surface area contributed by atoms with Crippen molar-refractivity contribution in [3.05, 3.63) is 11.6 Å². The Morgan fingerprint density at radius 2 is 1.62 bits per heavy atom. The van der Waals surface area contributed by atoms with Gasteiger partial charge in [-0.25, -0.2) is 4.79 Å². The molecular weight excluding hydrogens is 168 g/mol. The summed E-state index contributed by atoms with van der Waals surface area (Å²) in [7, 11) is 0. The fraction of sp³-hybridized carbons (Fsp3) is 0.600. The Balaban J connectivity index is 4.43. The molecule has 3 nitrogen and oxygen atoms in total. The van der Waals surface area contributed by atoms with E-state index >= 15 is 0 Å². The molecular formula is C10H16O3. The number of hydrogen-bond acceptors (Lipinski definition) is 3. The van der Waals surface area contributed by atoms with Crippen LogP contribution in [0.4, 0.5) is 0 Å². The van der Waals surface area contributed by atoms with Crippen molar-refractivity contribution in [2.45, 2.75) is 34.6 Å². The van der Waals surface area contributed by atoms with Gasteiger partial charge in [0.2, 0.25) is 0 Å². The van der Waals surface area contributed by atoms with Crippen molar-refractivity contribution in [1.29, 1.82) is 0 Å². The summed E-state index contributed by atoms with van der Waals surface area (Å²) in [6.07, 6.45) is 1.78. The molecule has 0 unspecified atom stereocenters. The topological polar surface area (TPSA) is 43.4 Å². The molecule has 0 aliphatic rings. The zero-order chi connectivity index (χ0) is 10.6. The Morgan fingerprint density at radius 3 is 1.92 bits per heavy atom. The minimum atomic E-state index is -0.577. The first kappa shape index (κ1) is 11.9. The van der Waals surface area contributed by atoms with Gasteiger partial charge in [0.15, 0.2) is 0 Å². The van der Waals surface area contributed by atoms with E-state index in [9.17, 15) is 9.59 Å². The van der Waals surface area contributed by atoms with Crippen molar-refractivity contribution in [3.63, 3.8) is 0 Å². The number of rotatable bonds is 1. The van der Waals surface area contributed by atoms with Crippen LogP contribution in [0.25, 0.3) is 0 Å². The van der Waals surface area contributed by atoms with Gasteiger partial charge in [-0.2, -0.15) is 0 Å². The molecule has 0 aromatic carbocycles. The minimum Gasteiger partial charge on any atom is -0.390 e. The van der Waals surface area contributed by atoms with Gasteiger partial charge in [0.05, 0.1) is 0 Å². The average molecular weight is 184 g/mol. The number of esters is 2. The van der Waals surface area contributed by atoms with Crippen molar-refractivity contribution >= 4 is 11.9 Å². The summed E-state index contributed by atoms with van der Waals surface area (Å²) in [4.78, 5) is 21.6. The predicted octanol–water partition coefficient (Wildman–Crippen LogP) is 2.07. The van der Waals surface area contributed by atoms with Gasteiger partial charge in [-0.05, 0) is 12.3 Å². The number of hydrogen-bond donors (Lipinski definition) is 0. The summed E-state index contributed by atoms with van der Waals surface area (Å²) < 4.78 is 4.41. The summed E-state index contributed by atoms with van der Waals surface area (Å²) in [5.74, 6) is -1.14. The molecule has 13 heavy (non-hydrogen) atoms. The molecule has 0 aromatic rings. The molecule has 0 aliphatic carbocycles. The summed E-state index contributed by atoms with van der Waals surface area (Å²) >= 11 is 0. The number of carbonyl (C=O) groups is 2. The third kappa shape index (κ3) is 6.08. The van der Waals surface area contributed by atoms with E-state index in [0.29, 0.717) is 5.57 Å². The highest BCUT2D eigenvalue weighted by Gasteiger charge is 2.13. The maximum absolute atomic E-state index is 11.1. The number of carbonyl (C=O) groups excluding carboxylic acids is 2. The minimum absolute atomic E-state index is 0.0834. The zero-order valence-electron chi connectivity index (χ0n) is 8.80. The van der Waals surface area contributed by atoms with Crippen LogP contribution in [-0.2, 0) is 14.3 Å². The molecule has 0 saturated carbocycles. The third-order valence-corrected chi connectivity index (χ3v) is 1.21. The van der Waals surface area contributed by atoms with Crippen LogP contribution in [0.1, 0.15) is 34.6 Å². The van der Waals surface area contributed by atoms with Crippen LogP contribution < -0.4 is 0 Å². The first-order valence-electron chi connectivity index (χ1n) is 4.14. The molecule has 0 heterocycles. The fourth-order valence-corrected chi connectivity index (χ4v) is 0.919. The van der Waals surface area contributed by atoms with Gasteiger partial charge in [-0.3, -0.25) is 4.79 Å². The van der Waals surface area contributed by atoms with Crippen LogP contribution in [0.5, 0.6) is 0 Å². The number of ether oxygens (including phenoxy) is 1. The molecule has 0 N–H and O–H groups in total. The summed E-state index contributed by atoms with van der Waals surface area (Å²) in [5.41, 5.74) is 0.377. The zero-order valence-corrected chi connectivity index (χ0v) is 8.80. The molecule has 0 amide bonds. The smallest absolute Gasteiger partial charge is 0.341 e. The second-order valence-corrected chi connectivity index (χ2v) is 4.07. The normalized spacial score (nSPS) is 12.5. The van der Waals surface area contributed by atoms with Gasteiger partial charge in [0, 0.05) is 12.5 Å². The molecule has 0 fully saturated rings. The highest BCUT2D eigenvalue weighted by atomic mass is 16.6. The van der Waals surface area contributed by atoms with E-state index in [0.717, 1.165) is 0 Å². The Hall–Kier alpha value is -1.12. The van der Waals surface area contributed by atoms with E-state index in [1.807, 2.05) is 20.8 Å². The van der Waals surface area contributed by atoms with E-state index in [4.69, 9.17) is 0 Å². The summed E-state index contributed by atoms with van der Waals surface area (Å²) in [6.45, 7) is 8.76. The van der Waals surface area contributed by atoms with Crippen molar-refractivity contribution in [1.82, 2.24) is 0 Å². The van der Waals surface area contributed by atoms with Crippen molar-refractivity contribution in [2.75, 3.05) is 0 Å². The molecule has 0 spiro atoms. The lowest BCUT2D eigenvalue weighted by Crippen LogP contribution is -2.12. The average Bonchev–Trinajstić information content (AvgIpc) is 1.81. The second kappa shape index (κ2) is 4.21. The van der Waals surface area contributed by atoms with Crippen LogP contribution in [0, 0.1) is 5.41 Å². The van der Waals surface area contributed by atoms with Crippen LogP contribution in [0.15, 0.2) is 11.6 Å². The van der Waals surface area contributed by atoms with E-state index < -0.39 is 11.9 Å². The Labute approximate surface area is 78.8 Å². The van der Waals surface area contributed by atoms with Crippen LogP contribution in [0.2, 0.25) is 0 Å². The first-order valence-corrected chi connectivity index (χ1v) is 4.14. The summed E-state index contributed by atoms with van der Waals surface area (Å²) in [6, 6.07) is 0. The predicted molar refractivity (Wildman–Crippen MR) is 50.0 cm³/mol. The van der Waals surface area contributed by atoms with E-state index in [-0.39, 0.29) is 5.41 Å². The van der Waals surface area contributed by atoms with Gasteiger partial charge in [0.25, 0.3) is 0 Å². The van der Waals surface area contributed by atoms with Crippen molar-refractivity contribution < 1.29 is 14.3 Å². The van der Waals surface area contributed by atoms with Crippen molar-refractivity contribution in [2.24, 2.45) is 5.41 Å². The van der Waals surface area contributed by atoms with Crippen LogP contribution >= 0.6 is 0 Å². The Kier molecular flexibility index (Phi) is 3.85. The fourth-order valence-electron chi connectivity index (χ4n) is 0.919. The number of allylic oxidation sites excluding steroid dienone is 1. The quantitative estimate of drug-likeness (QED) is 0.356.